The zero-order valence-electron chi connectivity index (χ0n) is 9.27. The fourth-order valence-corrected chi connectivity index (χ4v) is 1.20. The molecule has 0 fully saturated rings. The van der Waals surface area contributed by atoms with E-state index in [1.807, 2.05) is 0 Å². The summed E-state index contributed by atoms with van der Waals surface area (Å²) in [5.74, 6) is -1.19. The van der Waals surface area contributed by atoms with Crippen molar-refractivity contribution in [3.63, 3.8) is 0 Å². The third-order valence-electron chi connectivity index (χ3n) is 1.89. The van der Waals surface area contributed by atoms with Gasteiger partial charge in [0.1, 0.15) is 0 Å². The number of nitrogens with zero attached hydrogens (tertiary/aromatic N) is 1. The lowest BCUT2D eigenvalue weighted by atomic mass is 10.1. The lowest BCUT2D eigenvalue weighted by Crippen LogP contribution is -2.28. The maximum Gasteiger partial charge on any atom is 0.222 e. The Balaban J connectivity index is 2.85. The van der Waals surface area contributed by atoms with E-state index in [4.69, 9.17) is 9.47 Å². The van der Waals surface area contributed by atoms with Crippen LogP contribution in [-0.2, 0) is 9.47 Å². The van der Waals surface area contributed by atoms with Crippen molar-refractivity contribution in [2.45, 2.75) is 20.1 Å². The molecule has 0 radical (unpaired) electrons. The molecule has 0 bridgehead atoms. The lowest BCUT2D eigenvalue weighted by molar-refractivity contribution is -0.107. The minimum absolute atomic E-state index is 0.0677. The minimum Gasteiger partial charge on any atom is -0.346 e. The fourth-order valence-electron chi connectivity index (χ4n) is 1.20. The average Bonchev–Trinajstić information content (AvgIpc) is 2.28. The number of rotatable bonds is 6. The van der Waals surface area contributed by atoms with Crippen LogP contribution >= 0.6 is 0 Å². The van der Waals surface area contributed by atoms with Crippen molar-refractivity contribution in [1.29, 1.82) is 0 Å². The quantitative estimate of drug-likeness (QED) is 0.549. The van der Waals surface area contributed by atoms with E-state index in [0.717, 1.165) is 6.20 Å². The molecule has 0 amide bonds. The number of pyridine rings is 1. The molecule has 0 aliphatic rings. The van der Waals surface area contributed by atoms with Crippen molar-refractivity contribution in [3.05, 3.63) is 29.8 Å². The molecule has 4 nitrogen and oxygen atoms in total. The SMILES string of the molecule is CCOC(OCC)C(=O)c1ccncc1F. The van der Waals surface area contributed by atoms with Gasteiger partial charge in [0.05, 0.1) is 11.8 Å². The van der Waals surface area contributed by atoms with E-state index in [0.29, 0.717) is 13.2 Å². The van der Waals surface area contributed by atoms with Crippen LogP contribution in [0.15, 0.2) is 18.5 Å². The first-order valence-corrected chi connectivity index (χ1v) is 5.07. The fraction of sp³-hybridized carbons (Fsp3) is 0.455. The number of ketones is 1. The molecule has 0 aliphatic carbocycles. The molecule has 0 saturated heterocycles. The van der Waals surface area contributed by atoms with Crippen LogP contribution in [0, 0.1) is 5.82 Å². The summed E-state index contributed by atoms with van der Waals surface area (Å²) in [5, 5.41) is 0. The number of carbonyl (C=O) groups excluding carboxylic acids is 1. The zero-order chi connectivity index (χ0) is 12.0. The first-order chi connectivity index (χ1) is 7.70. The highest BCUT2D eigenvalue weighted by molar-refractivity contribution is 5.98. The van der Waals surface area contributed by atoms with Crippen LogP contribution in [0.4, 0.5) is 4.39 Å². The molecule has 0 saturated carbocycles. The summed E-state index contributed by atoms with van der Waals surface area (Å²) in [6, 6.07) is 1.31. The van der Waals surface area contributed by atoms with Crippen molar-refractivity contribution >= 4 is 5.78 Å². The summed E-state index contributed by atoms with van der Waals surface area (Å²) in [7, 11) is 0. The van der Waals surface area contributed by atoms with E-state index >= 15 is 0 Å². The molecule has 0 atom stereocenters. The van der Waals surface area contributed by atoms with Gasteiger partial charge < -0.3 is 9.47 Å². The molecule has 0 spiro atoms. The topological polar surface area (TPSA) is 48.4 Å². The molecule has 1 rings (SSSR count). The second kappa shape index (κ2) is 6.30. The highest BCUT2D eigenvalue weighted by Crippen LogP contribution is 2.11. The zero-order valence-corrected chi connectivity index (χ0v) is 9.27. The molecular formula is C11H14FNO3. The van der Waals surface area contributed by atoms with E-state index in [1.165, 1.54) is 12.3 Å². The molecule has 16 heavy (non-hydrogen) atoms. The van der Waals surface area contributed by atoms with Gasteiger partial charge in [-0.25, -0.2) is 4.39 Å². The third-order valence-corrected chi connectivity index (χ3v) is 1.89. The Hall–Kier alpha value is -1.33. The molecule has 0 unspecified atom stereocenters. The van der Waals surface area contributed by atoms with Gasteiger partial charge in [0.2, 0.25) is 12.1 Å². The van der Waals surface area contributed by atoms with Crippen molar-refractivity contribution in [1.82, 2.24) is 4.98 Å². The monoisotopic (exact) mass is 227 g/mol. The van der Waals surface area contributed by atoms with Crippen molar-refractivity contribution in [2.75, 3.05) is 13.2 Å². The maximum absolute atomic E-state index is 13.3. The predicted octanol–water partition coefficient (Wildman–Crippen LogP) is 1.80. The van der Waals surface area contributed by atoms with Gasteiger partial charge in [0.25, 0.3) is 0 Å². The Labute approximate surface area is 93.4 Å². The van der Waals surface area contributed by atoms with Crippen LogP contribution < -0.4 is 0 Å². The van der Waals surface area contributed by atoms with Gasteiger partial charge in [-0.2, -0.15) is 0 Å². The van der Waals surface area contributed by atoms with E-state index in [9.17, 15) is 9.18 Å². The molecule has 0 aliphatic heterocycles. The summed E-state index contributed by atoms with van der Waals surface area (Å²) in [6.07, 6.45) is 1.29. The highest BCUT2D eigenvalue weighted by Gasteiger charge is 2.23. The van der Waals surface area contributed by atoms with E-state index in [-0.39, 0.29) is 5.56 Å². The standard InChI is InChI=1S/C11H14FNO3/c1-3-15-11(16-4-2)10(14)8-5-6-13-7-9(8)12/h5-7,11H,3-4H2,1-2H3. The van der Waals surface area contributed by atoms with Crippen LogP contribution in [0.2, 0.25) is 0 Å². The second-order valence-corrected chi connectivity index (χ2v) is 2.96. The Morgan fingerprint density at radius 3 is 2.56 bits per heavy atom. The number of hydrogen-bond donors (Lipinski definition) is 0. The number of carbonyl (C=O) groups is 1. The number of aromatic nitrogens is 1. The average molecular weight is 227 g/mol. The van der Waals surface area contributed by atoms with Gasteiger partial charge in [0, 0.05) is 19.4 Å². The van der Waals surface area contributed by atoms with Gasteiger partial charge in [-0.3, -0.25) is 9.78 Å². The van der Waals surface area contributed by atoms with Crippen LogP contribution in [0.1, 0.15) is 24.2 Å². The van der Waals surface area contributed by atoms with Crippen molar-refractivity contribution in [2.24, 2.45) is 0 Å². The van der Waals surface area contributed by atoms with E-state index < -0.39 is 17.9 Å². The maximum atomic E-state index is 13.3. The molecule has 1 aromatic heterocycles. The largest absolute Gasteiger partial charge is 0.346 e. The van der Waals surface area contributed by atoms with Gasteiger partial charge in [0.15, 0.2) is 5.82 Å². The predicted molar refractivity (Wildman–Crippen MR) is 55.6 cm³/mol. The molecule has 1 heterocycles. The first-order valence-electron chi connectivity index (χ1n) is 5.07. The normalized spacial score (nSPS) is 10.8. The molecule has 88 valence electrons. The van der Waals surface area contributed by atoms with Gasteiger partial charge in [-0.05, 0) is 19.9 Å². The van der Waals surface area contributed by atoms with Gasteiger partial charge in [-0.15, -0.1) is 0 Å². The first kappa shape index (κ1) is 12.7. The summed E-state index contributed by atoms with van der Waals surface area (Å²) in [4.78, 5) is 15.4. The Morgan fingerprint density at radius 2 is 2.06 bits per heavy atom. The minimum atomic E-state index is -1.05. The lowest BCUT2D eigenvalue weighted by Gasteiger charge is -2.15. The number of ether oxygens (including phenoxy) is 2. The van der Waals surface area contributed by atoms with Crippen LogP contribution in [0.5, 0.6) is 0 Å². The van der Waals surface area contributed by atoms with Gasteiger partial charge in [-0.1, -0.05) is 0 Å². The Kier molecular flexibility index (Phi) is 5.01. The second-order valence-electron chi connectivity index (χ2n) is 2.96. The number of Topliss-reactive ketones (excluding diaryl/α,β-unsaturated/α-hetero) is 1. The van der Waals surface area contributed by atoms with Crippen LogP contribution in [0.25, 0.3) is 0 Å². The van der Waals surface area contributed by atoms with Crippen LogP contribution in [0.3, 0.4) is 0 Å². The molecule has 0 N–H and O–H groups in total. The van der Waals surface area contributed by atoms with E-state index in [1.54, 1.807) is 13.8 Å². The summed E-state index contributed by atoms with van der Waals surface area (Å²) in [5.41, 5.74) is -0.0677. The molecule has 5 heteroatoms. The summed E-state index contributed by atoms with van der Waals surface area (Å²) in [6.45, 7) is 4.12. The highest BCUT2D eigenvalue weighted by atomic mass is 19.1. The molecule has 1 aromatic rings. The summed E-state index contributed by atoms with van der Waals surface area (Å²) >= 11 is 0. The smallest absolute Gasteiger partial charge is 0.222 e. The van der Waals surface area contributed by atoms with Crippen molar-refractivity contribution in [3.8, 4) is 0 Å². The molecule has 0 aromatic carbocycles. The molecular weight excluding hydrogens is 213 g/mol. The Bertz CT molecular complexity index is 351. The Morgan fingerprint density at radius 1 is 1.44 bits per heavy atom. The van der Waals surface area contributed by atoms with Crippen molar-refractivity contribution < 1.29 is 18.7 Å². The summed E-state index contributed by atoms with van der Waals surface area (Å²) < 4.78 is 23.5. The third kappa shape index (κ3) is 3.08. The van der Waals surface area contributed by atoms with E-state index in [2.05, 4.69) is 4.98 Å². The number of halogens is 1. The van der Waals surface area contributed by atoms with Gasteiger partial charge >= 0.3 is 0 Å². The van der Waals surface area contributed by atoms with Crippen LogP contribution in [-0.4, -0.2) is 30.3 Å². The number of hydrogen-bond acceptors (Lipinski definition) is 4.